The number of rotatable bonds is 12. The fraction of sp³-hybridized carbons (Fsp3) is 0.229. The standard InChI is InChI=1S/C35H32F2N2O5/c1-22(33-31(21-44-35(33)41)23-5-3-2-4-6-23)30(19-20-32(40)24-7-11-26(36)12-8-24)34(38-28-15-13-27(37)14-16-28)25-9-17-29(18-10-25)39(42)43/h2-18,30-34,38,40H,1,19-21H2/t30-,31+,32-,33?,34-/m0/s1. The summed E-state index contributed by atoms with van der Waals surface area (Å²) in [7, 11) is 0. The first-order chi connectivity index (χ1) is 21.2. The van der Waals surface area contributed by atoms with Gasteiger partial charge < -0.3 is 15.2 Å². The van der Waals surface area contributed by atoms with Crippen LogP contribution in [-0.2, 0) is 9.53 Å². The average Bonchev–Trinajstić information content (AvgIpc) is 3.43. The lowest BCUT2D eigenvalue weighted by atomic mass is 9.73. The van der Waals surface area contributed by atoms with Crippen LogP contribution in [-0.4, -0.2) is 22.6 Å². The van der Waals surface area contributed by atoms with E-state index in [1.807, 2.05) is 30.3 Å². The van der Waals surface area contributed by atoms with E-state index in [9.17, 15) is 28.8 Å². The molecule has 4 aromatic rings. The van der Waals surface area contributed by atoms with Crippen molar-refractivity contribution in [2.45, 2.75) is 30.9 Å². The van der Waals surface area contributed by atoms with Crippen LogP contribution in [0.1, 0.15) is 47.6 Å². The van der Waals surface area contributed by atoms with Gasteiger partial charge in [-0.15, -0.1) is 0 Å². The topological polar surface area (TPSA) is 102 Å². The molecular weight excluding hydrogens is 566 g/mol. The maximum Gasteiger partial charge on any atom is 0.313 e. The van der Waals surface area contributed by atoms with Crippen LogP contribution < -0.4 is 5.32 Å². The van der Waals surface area contributed by atoms with Crippen molar-refractivity contribution in [2.75, 3.05) is 11.9 Å². The number of carbonyl (C=O) groups excluding carboxylic acids is 1. The number of hydrogen-bond acceptors (Lipinski definition) is 6. The minimum atomic E-state index is -0.935. The summed E-state index contributed by atoms with van der Waals surface area (Å²) in [6, 6.07) is 26.4. The fourth-order valence-corrected chi connectivity index (χ4v) is 5.85. The van der Waals surface area contributed by atoms with E-state index in [1.165, 1.54) is 48.5 Å². The zero-order valence-corrected chi connectivity index (χ0v) is 23.8. The Labute approximate surface area is 254 Å². The smallest absolute Gasteiger partial charge is 0.313 e. The third-order valence-corrected chi connectivity index (χ3v) is 8.20. The van der Waals surface area contributed by atoms with Crippen LogP contribution in [0.4, 0.5) is 20.2 Å². The van der Waals surface area contributed by atoms with Crippen molar-refractivity contribution in [2.24, 2.45) is 11.8 Å². The summed E-state index contributed by atoms with van der Waals surface area (Å²) in [5.41, 5.74) is 3.21. The van der Waals surface area contributed by atoms with E-state index in [1.54, 1.807) is 24.3 Å². The molecule has 5 atom stereocenters. The van der Waals surface area contributed by atoms with Crippen molar-refractivity contribution in [1.82, 2.24) is 0 Å². The monoisotopic (exact) mass is 598 g/mol. The number of nitrogens with one attached hydrogen (secondary N) is 1. The quantitative estimate of drug-likeness (QED) is 0.0751. The van der Waals surface area contributed by atoms with Crippen molar-refractivity contribution >= 4 is 17.3 Å². The number of non-ortho nitro benzene ring substituents is 1. The third-order valence-electron chi connectivity index (χ3n) is 8.20. The second-order valence-corrected chi connectivity index (χ2v) is 10.9. The molecule has 226 valence electrons. The third kappa shape index (κ3) is 7.01. The predicted molar refractivity (Wildman–Crippen MR) is 163 cm³/mol. The van der Waals surface area contributed by atoms with Gasteiger partial charge in [0.05, 0.1) is 29.6 Å². The molecule has 1 aliphatic heterocycles. The van der Waals surface area contributed by atoms with Gasteiger partial charge >= 0.3 is 5.97 Å². The molecule has 1 fully saturated rings. The highest BCUT2D eigenvalue weighted by molar-refractivity contribution is 5.79. The van der Waals surface area contributed by atoms with Crippen LogP contribution in [0.15, 0.2) is 115 Å². The first-order valence-electron chi connectivity index (χ1n) is 14.3. The maximum absolute atomic E-state index is 13.8. The number of cyclic esters (lactones) is 1. The Morgan fingerprint density at radius 1 is 0.909 bits per heavy atom. The lowest BCUT2D eigenvalue weighted by molar-refractivity contribution is -0.384. The van der Waals surface area contributed by atoms with Gasteiger partial charge in [0.15, 0.2) is 0 Å². The Balaban J connectivity index is 1.55. The molecule has 0 radical (unpaired) electrons. The molecule has 0 amide bonds. The number of hydrogen-bond donors (Lipinski definition) is 2. The Bertz CT molecular complexity index is 1600. The van der Waals surface area contributed by atoms with E-state index >= 15 is 0 Å². The van der Waals surface area contributed by atoms with Gasteiger partial charge in [-0.1, -0.05) is 66.7 Å². The number of nitro benzene ring substituents is 1. The lowest BCUT2D eigenvalue weighted by Crippen LogP contribution is -2.29. The van der Waals surface area contributed by atoms with Gasteiger partial charge in [-0.25, -0.2) is 8.78 Å². The van der Waals surface area contributed by atoms with E-state index in [4.69, 9.17) is 4.74 Å². The summed E-state index contributed by atoms with van der Waals surface area (Å²) in [4.78, 5) is 24.2. The molecular formula is C35H32F2N2O5. The van der Waals surface area contributed by atoms with E-state index in [0.717, 1.165) is 5.56 Å². The van der Waals surface area contributed by atoms with Crippen LogP contribution in [0.5, 0.6) is 0 Å². The molecule has 1 aliphatic rings. The summed E-state index contributed by atoms with van der Waals surface area (Å²) in [5, 5.41) is 25.9. The number of benzene rings is 4. The first-order valence-corrected chi connectivity index (χ1v) is 14.3. The van der Waals surface area contributed by atoms with Crippen molar-refractivity contribution in [3.63, 3.8) is 0 Å². The minimum absolute atomic E-state index is 0.0834. The van der Waals surface area contributed by atoms with Gasteiger partial charge in [-0.2, -0.15) is 0 Å². The van der Waals surface area contributed by atoms with Crippen LogP contribution >= 0.6 is 0 Å². The predicted octanol–water partition coefficient (Wildman–Crippen LogP) is 7.67. The summed E-state index contributed by atoms with van der Waals surface area (Å²) in [6.07, 6.45) is -0.366. The highest BCUT2D eigenvalue weighted by Gasteiger charge is 2.43. The number of nitro groups is 1. The van der Waals surface area contributed by atoms with Gasteiger partial charge in [0.1, 0.15) is 11.6 Å². The zero-order chi connectivity index (χ0) is 31.2. The number of aliphatic hydroxyl groups excluding tert-OH is 1. The normalized spacial score (nSPS) is 18.2. The number of halogens is 2. The molecule has 1 unspecified atom stereocenters. The van der Waals surface area contributed by atoms with Crippen LogP contribution in [0, 0.1) is 33.6 Å². The highest BCUT2D eigenvalue weighted by atomic mass is 19.1. The van der Waals surface area contributed by atoms with Gasteiger partial charge in [-0.3, -0.25) is 14.9 Å². The zero-order valence-electron chi connectivity index (χ0n) is 23.8. The van der Waals surface area contributed by atoms with Crippen molar-refractivity contribution in [3.8, 4) is 0 Å². The van der Waals surface area contributed by atoms with E-state index < -0.39 is 46.5 Å². The molecule has 0 aliphatic carbocycles. The molecule has 5 rings (SSSR count). The Morgan fingerprint density at radius 3 is 2.11 bits per heavy atom. The fourth-order valence-electron chi connectivity index (χ4n) is 5.85. The molecule has 1 saturated heterocycles. The summed E-state index contributed by atoms with van der Waals surface area (Å²) < 4.78 is 32.9. The SMILES string of the molecule is C=C(C1C(=O)OC[C@@H]1c1ccccc1)[C@H](CC[C@H](O)c1ccc(F)cc1)[C@@H](Nc1ccc(F)cc1)c1ccc([N+](=O)[O-])cc1. The van der Waals surface area contributed by atoms with Crippen LogP contribution in [0.25, 0.3) is 0 Å². The van der Waals surface area contributed by atoms with Crippen LogP contribution in [0.3, 0.4) is 0 Å². The minimum Gasteiger partial charge on any atom is -0.465 e. The van der Waals surface area contributed by atoms with Gasteiger partial charge in [0.25, 0.3) is 5.69 Å². The van der Waals surface area contributed by atoms with E-state index in [-0.39, 0.29) is 24.6 Å². The summed E-state index contributed by atoms with van der Waals surface area (Å²) >= 11 is 0. The number of anilines is 1. The van der Waals surface area contributed by atoms with E-state index in [2.05, 4.69) is 11.9 Å². The highest BCUT2D eigenvalue weighted by Crippen LogP contribution is 2.45. The Hall–Kier alpha value is -4.89. The molecule has 1 heterocycles. The first kappa shape index (κ1) is 30.6. The Morgan fingerprint density at radius 2 is 1.50 bits per heavy atom. The molecule has 0 bridgehead atoms. The van der Waals surface area contributed by atoms with Gasteiger partial charge in [0.2, 0.25) is 0 Å². The van der Waals surface area contributed by atoms with Crippen molar-refractivity contribution < 1.29 is 28.3 Å². The number of esters is 1. The number of ether oxygens (including phenoxy) is 1. The van der Waals surface area contributed by atoms with Gasteiger partial charge in [0, 0.05) is 29.7 Å². The van der Waals surface area contributed by atoms with Gasteiger partial charge in [-0.05, 0) is 65.9 Å². The molecule has 0 aromatic heterocycles. The van der Waals surface area contributed by atoms with Crippen molar-refractivity contribution in [1.29, 1.82) is 0 Å². The van der Waals surface area contributed by atoms with E-state index in [0.29, 0.717) is 28.8 Å². The molecule has 2 N–H and O–H groups in total. The Kier molecular flexibility index (Phi) is 9.45. The molecule has 4 aromatic carbocycles. The number of carbonyl (C=O) groups is 1. The maximum atomic E-state index is 13.8. The molecule has 7 nitrogen and oxygen atoms in total. The second kappa shape index (κ2) is 13.6. The largest absolute Gasteiger partial charge is 0.465 e. The second-order valence-electron chi connectivity index (χ2n) is 10.9. The molecule has 9 heteroatoms. The number of nitrogens with zero attached hydrogens (tertiary/aromatic N) is 1. The summed E-state index contributed by atoms with van der Waals surface area (Å²) in [6.45, 7) is 4.62. The number of aliphatic hydroxyl groups is 1. The van der Waals surface area contributed by atoms with Crippen molar-refractivity contribution in [3.05, 3.63) is 154 Å². The lowest BCUT2D eigenvalue weighted by Gasteiger charge is -2.34. The molecule has 44 heavy (non-hydrogen) atoms. The molecule has 0 saturated carbocycles. The van der Waals surface area contributed by atoms with Crippen LogP contribution in [0.2, 0.25) is 0 Å². The average molecular weight is 599 g/mol. The summed E-state index contributed by atoms with van der Waals surface area (Å²) in [5.74, 6) is -2.72. The molecule has 0 spiro atoms.